The van der Waals surface area contributed by atoms with Crippen molar-refractivity contribution in [2.24, 2.45) is 0 Å². The topological polar surface area (TPSA) is 98.7 Å². The smallest absolute Gasteiger partial charge is 0.239 e. The Labute approximate surface area is 162 Å². The summed E-state index contributed by atoms with van der Waals surface area (Å²) in [7, 11) is 0. The molecule has 0 saturated heterocycles. The Morgan fingerprint density at radius 1 is 0.821 bits per heavy atom. The summed E-state index contributed by atoms with van der Waals surface area (Å²) in [6, 6.07) is 18.2. The number of rotatable bonds is 7. The summed E-state index contributed by atoms with van der Waals surface area (Å²) < 4.78 is 0. The first kappa shape index (κ1) is 19.2. The summed E-state index contributed by atoms with van der Waals surface area (Å²) in [5, 5.41) is 26.2. The summed E-state index contributed by atoms with van der Waals surface area (Å²) in [4.78, 5) is 24.1. The molecule has 6 heteroatoms. The van der Waals surface area contributed by atoms with Crippen LogP contribution in [-0.4, -0.2) is 35.1 Å². The van der Waals surface area contributed by atoms with Gasteiger partial charge in [0.15, 0.2) is 11.5 Å². The standard InChI is InChI=1S/C22H22N2O4/c25-19-9-8-15(12-20(19)26)10-11-23-22(28)14-24-21(27)13-17-6-3-5-16-4-1-2-7-18(16)17/h1-9,12,25-26H,10-11,13-14H2,(H,23,28)(H,24,27). The summed E-state index contributed by atoms with van der Waals surface area (Å²) >= 11 is 0. The molecule has 0 fully saturated rings. The van der Waals surface area contributed by atoms with Crippen molar-refractivity contribution >= 4 is 22.6 Å². The van der Waals surface area contributed by atoms with E-state index in [1.54, 1.807) is 6.07 Å². The molecule has 3 rings (SSSR count). The SMILES string of the molecule is O=C(CNC(=O)Cc1cccc2ccccc12)NCCc1ccc(O)c(O)c1. The second kappa shape index (κ2) is 8.90. The molecule has 0 aliphatic rings. The molecule has 6 nitrogen and oxygen atoms in total. The van der Waals surface area contributed by atoms with Crippen molar-refractivity contribution in [1.82, 2.24) is 10.6 Å². The maximum Gasteiger partial charge on any atom is 0.239 e. The van der Waals surface area contributed by atoms with E-state index in [1.165, 1.54) is 12.1 Å². The van der Waals surface area contributed by atoms with Gasteiger partial charge in [-0.1, -0.05) is 48.5 Å². The highest BCUT2D eigenvalue weighted by Gasteiger charge is 2.09. The zero-order chi connectivity index (χ0) is 19.9. The predicted molar refractivity (Wildman–Crippen MR) is 107 cm³/mol. The van der Waals surface area contributed by atoms with E-state index in [0.29, 0.717) is 13.0 Å². The minimum atomic E-state index is -0.283. The van der Waals surface area contributed by atoms with Crippen LogP contribution in [0.25, 0.3) is 10.8 Å². The minimum Gasteiger partial charge on any atom is -0.504 e. The molecule has 0 atom stereocenters. The third-order valence-electron chi connectivity index (χ3n) is 4.45. The highest BCUT2D eigenvalue weighted by atomic mass is 16.3. The van der Waals surface area contributed by atoms with E-state index in [1.807, 2.05) is 42.5 Å². The second-order valence-electron chi connectivity index (χ2n) is 6.51. The van der Waals surface area contributed by atoms with Crippen LogP contribution in [0.1, 0.15) is 11.1 Å². The van der Waals surface area contributed by atoms with Crippen LogP contribution in [0, 0.1) is 0 Å². The van der Waals surface area contributed by atoms with Crippen LogP contribution in [0.4, 0.5) is 0 Å². The lowest BCUT2D eigenvalue weighted by atomic mass is 10.0. The molecule has 0 spiro atoms. The van der Waals surface area contributed by atoms with Gasteiger partial charge < -0.3 is 20.8 Å². The molecule has 0 aliphatic carbocycles. The first-order chi connectivity index (χ1) is 13.5. The highest BCUT2D eigenvalue weighted by Crippen LogP contribution is 2.24. The van der Waals surface area contributed by atoms with Crippen molar-refractivity contribution in [3.05, 3.63) is 71.8 Å². The van der Waals surface area contributed by atoms with Crippen LogP contribution in [0.5, 0.6) is 11.5 Å². The molecule has 4 N–H and O–H groups in total. The summed E-state index contributed by atoms with van der Waals surface area (Å²) in [5.41, 5.74) is 1.71. The number of carbonyl (C=O) groups is 2. The predicted octanol–water partition coefficient (Wildman–Crippen LogP) is 2.27. The van der Waals surface area contributed by atoms with E-state index in [4.69, 9.17) is 0 Å². The molecular weight excluding hydrogens is 356 g/mol. The normalized spacial score (nSPS) is 10.6. The monoisotopic (exact) mass is 378 g/mol. The van der Waals surface area contributed by atoms with Crippen LogP contribution in [0.2, 0.25) is 0 Å². The Kier molecular flexibility index (Phi) is 6.11. The maximum atomic E-state index is 12.2. The van der Waals surface area contributed by atoms with Crippen LogP contribution in [-0.2, 0) is 22.4 Å². The molecule has 0 radical (unpaired) electrons. The molecular formula is C22H22N2O4. The van der Waals surface area contributed by atoms with Crippen molar-refractivity contribution < 1.29 is 19.8 Å². The Hall–Kier alpha value is -3.54. The van der Waals surface area contributed by atoms with Gasteiger partial charge in [0.2, 0.25) is 11.8 Å². The quantitative estimate of drug-likeness (QED) is 0.474. The molecule has 0 heterocycles. The van der Waals surface area contributed by atoms with Gasteiger partial charge in [0.05, 0.1) is 13.0 Å². The highest BCUT2D eigenvalue weighted by molar-refractivity contribution is 5.91. The van der Waals surface area contributed by atoms with Gasteiger partial charge in [-0.25, -0.2) is 0 Å². The maximum absolute atomic E-state index is 12.2. The van der Waals surface area contributed by atoms with E-state index in [9.17, 15) is 19.8 Å². The number of benzene rings is 3. The van der Waals surface area contributed by atoms with Gasteiger partial charge in [0.25, 0.3) is 0 Å². The van der Waals surface area contributed by atoms with Crippen LogP contribution < -0.4 is 10.6 Å². The summed E-state index contributed by atoms with van der Waals surface area (Å²) in [6.07, 6.45) is 0.713. The Morgan fingerprint density at radius 3 is 2.43 bits per heavy atom. The summed E-state index contributed by atoms with van der Waals surface area (Å²) in [5.74, 6) is -0.865. The van der Waals surface area contributed by atoms with E-state index < -0.39 is 0 Å². The van der Waals surface area contributed by atoms with Gasteiger partial charge >= 0.3 is 0 Å². The molecule has 0 aliphatic heterocycles. The molecule has 0 aromatic heterocycles. The largest absolute Gasteiger partial charge is 0.504 e. The number of phenolic OH excluding ortho intramolecular Hbond substituents is 2. The van der Waals surface area contributed by atoms with Gasteiger partial charge in [-0.05, 0) is 40.5 Å². The van der Waals surface area contributed by atoms with E-state index in [-0.39, 0.29) is 36.3 Å². The van der Waals surface area contributed by atoms with Crippen molar-refractivity contribution in [3.8, 4) is 11.5 Å². The number of phenols is 2. The molecule has 0 unspecified atom stereocenters. The van der Waals surface area contributed by atoms with Gasteiger partial charge in [0, 0.05) is 6.54 Å². The average Bonchev–Trinajstić information content (AvgIpc) is 2.69. The van der Waals surface area contributed by atoms with Crippen molar-refractivity contribution in [2.75, 3.05) is 13.1 Å². The van der Waals surface area contributed by atoms with Gasteiger partial charge in [-0.2, -0.15) is 0 Å². The number of nitrogens with one attached hydrogen (secondary N) is 2. The number of amides is 2. The minimum absolute atomic E-state index is 0.0928. The lowest BCUT2D eigenvalue weighted by Gasteiger charge is -2.09. The fourth-order valence-corrected chi connectivity index (χ4v) is 2.99. The zero-order valence-electron chi connectivity index (χ0n) is 15.3. The van der Waals surface area contributed by atoms with Crippen LogP contribution in [0.15, 0.2) is 60.7 Å². The molecule has 0 bridgehead atoms. The first-order valence-electron chi connectivity index (χ1n) is 9.04. The Morgan fingerprint density at radius 2 is 1.61 bits per heavy atom. The molecule has 2 amide bonds. The average molecular weight is 378 g/mol. The first-order valence-corrected chi connectivity index (χ1v) is 9.04. The molecule has 0 saturated carbocycles. The lowest BCUT2D eigenvalue weighted by Crippen LogP contribution is -2.38. The van der Waals surface area contributed by atoms with E-state index >= 15 is 0 Å². The third kappa shape index (κ3) is 5.01. The third-order valence-corrected chi connectivity index (χ3v) is 4.45. The molecule has 28 heavy (non-hydrogen) atoms. The van der Waals surface area contributed by atoms with Crippen molar-refractivity contribution in [2.45, 2.75) is 12.8 Å². The van der Waals surface area contributed by atoms with Gasteiger partial charge in [-0.15, -0.1) is 0 Å². The summed E-state index contributed by atoms with van der Waals surface area (Å²) in [6.45, 7) is 0.271. The van der Waals surface area contributed by atoms with Crippen LogP contribution in [0.3, 0.4) is 0 Å². The van der Waals surface area contributed by atoms with Gasteiger partial charge in [0.1, 0.15) is 0 Å². The molecule has 3 aromatic rings. The number of hydrogen-bond donors (Lipinski definition) is 4. The zero-order valence-corrected chi connectivity index (χ0v) is 15.3. The Balaban J connectivity index is 1.43. The second-order valence-corrected chi connectivity index (χ2v) is 6.51. The number of carbonyl (C=O) groups excluding carboxylic acids is 2. The van der Waals surface area contributed by atoms with E-state index in [0.717, 1.165) is 21.9 Å². The number of fused-ring (bicyclic) bond motifs is 1. The fraction of sp³-hybridized carbons (Fsp3) is 0.182. The number of aromatic hydroxyl groups is 2. The van der Waals surface area contributed by atoms with Gasteiger partial charge in [-0.3, -0.25) is 9.59 Å². The van der Waals surface area contributed by atoms with Crippen LogP contribution >= 0.6 is 0 Å². The fourth-order valence-electron chi connectivity index (χ4n) is 2.99. The lowest BCUT2D eigenvalue weighted by molar-refractivity contribution is -0.125. The van der Waals surface area contributed by atoms with Crippen molar-refractivity contribution in [1.29, 1.82) is 0 Å². The number of hydrogen-bond acceptors (Lipinski definition) is 4. The van der Waals surface area contributed by atoms with E-state index in [2.05, 4.69) is 10.6 Å². The Bertz CT molecular complexity index is 995. The molecule has 144 valence electrons. The van der Waals surface area contributed by atoms with Crippen molar-refractivity contribution in [3.63, 3.8) is 0 Å². The molecule has 3 aromatic carbocycles.